The minimum atomic E-state index is -4.16. The van der Waals surface area contributed by atoms with Gasteiger partial charge in [-0.15, -0.1) is 11.3 Å². The van der Waals surface area contributed by atoms with Gasteiger partial charge in [0, 0.05) is 10.8 Å². The highest BCUT2D eigenvalue weighted by atomic mass is 35.5. The molecule has 32 heavy (non-hydrogen) atoms. The smallest absolute Gasteiger partial charge is 0.269 e. The SMILES string of the molecule is Cc1cc(S(=O)(=O)Nc2onc(C)c2Cl)c(C(=O)NC(=O)C(C)C)s1.Cc1ccccc1. The van der Waals surface area contributed by atoms with E-state index in [-0.39, 0.29) is 20.7 Å². The second-order valence-corrected chi connectivity index (χ2v) is 10.5. The van der Waals surface area contributed by atoms with E-state index in [0.717, 1.165) is 11.3 Å². The molecule has 0 saturated heterocycles. The molecule has 0 bridgehead atoms. The Morgan fingerprint density at radius 3 is 2.22 bits per heavy atom. The summed E-state index contributed by atoms with van der Waals surface area (Å²) in [6.07, 6.45) is 0. The van der Waals surface area contributed by atoms with Crippen LogP contribution in [0.1, 0.15) is 39.7 Å². The first kappa shape index (κ1) is 25.6. The molecule has 0 unspecified atom stereocenters. The number of amides is 2. The zero-order valence-electron chi connectivity index (χ0n) is 18.2. The van der Waals surface area contributed by atoms with Crippen LogP contribution in [-0.2, 0) is 14.8 Å². The lowest BCUT2D eigenvalue weighted by Gasteiger charge is -2.08. The fraction of sp³-hybridized carbons (Fsp3) is 0.286. The molecule has 0 aliphatic rings. The zero-order valence-corrected chi connectivity index (χ0v) is 20.6. The van der Waals surface area contributed by atoms with Gasteiger partial charge in [0.15, 0.2) is 0 Å². The highest BCUT2D eigenvalue weighted by Crippen LogP contribution is 2.31. The Morgan fingerprint density at radius 2 is 1.75 bits per heavy atom. The highest BCUT2D eigenvalue weighted by molar-refractivity contribution is 7.93. The maximum atomic E-state index is 12.6. The van der Waals surface area contributed by atoms with Gasteiger partial charge in [-0.3, -0.25) is 14.9 Å². The first-order valence-electron chi connectivity index (χ1n) is 9.54. The van der Waals surface area contributed by atoms with Crippen LogP contribution in [0.2, 0.25) is 5.02 Å². The fourth-order valence-electron chi connectivity index (χ4n) is 2.30. The minimum Gasteiger partial charge on any atom is -0.336 e. The number of aryl methyl sites for hydroxylation is 3. The summed E-state index contributed by atoms with van der Waals surface area (Å²) in [7, 11) is -4.16. The molecule has 1 aromatic carbocycles. The van der Waals surface area contributed by atoms with E-state index in [2.05, 4.69) is 34.3 Å². The molecule has 3 rings (SSSR count). The number of nitrogens with zero attached hydrogens (tertiary/aromatic N) is 1. The van der Waals surface area contributed by atoms with E-state index in [4.69, 9.17) is 16.1 Å². The van der Waals surface area contributed by atoms with Crippen molar-refractivity contribution in [2.45, 2.75) is 39.5 Å². The average Bonchev–Trinajstić information content (AvgIpc) is 3.27. The first-order valence-corrected chi connectivity index (χ1v) is 12.2. The lowest BCUT2D eigenvalue weighted by Crippen LogP contribution is -2.34. The van der Waals surface area contributed by atoms with Gasteiger partial charge in [-0.1, -0.05) is 66.5 Å². The van der Waals surface area contributed by atoms with Crippen molar-refractivity contribution in [1.29, 1.82) is 0 Å². The van der Waals surface area contributed by atoms with Gasteiger partial charge < -0.3 is 4.52 Å². The predicted molar refractivity (Wildman–Crippen MR) is 125 cm³/mol. The number of aromatic nitrogens is 1. The molecule has 8 nitrogen and oxygen atoms in total. The number of carbonyl (C=O) groups excluding carboxylic acids is 2. The molecular weight excluding hydrogens is 474 g/mol. The van der Waals surface area contributed by atoms with Gasteiger partial charge in [0.05, 0.1) is 0 Å². The van der Waals surface area contributed by atoms with E-state index < -0.39 is 27.8 Å². The topological polar surface area (TPSA) is 118 Å². The third-order valence-corrected chi connectivity index (χ3v) is 7.02. The molecule has 0 saturated carbocycles. The summed E-state index contributed by atoms with van der Waals surface area (Å²) in [5.74, 6) is -1.94. The molecule has 172 valence electrons. The van der Waals surface area contributed by atoms with Gasteiger partial charge in [0.25, 0.3) is 21.8 Å². The van der Waals surface area contributed by atoms with Crippen LogP contribution in [0.25, 0.3) is 0 Å². The van der Waals surface area contributed by atoms with E-state index in [0.29, 0.717) is 10.6 Å². The zero-order chi connectivity index (χ0) is 24.1. The Bertz CT molecular complexity index is 1200. The third kappa shape index (κ3) is 6.65. The summed E-state index contributed by atoms with van der Waals surface area (Å²) in [6.45, 7) is 8.52. The second-order valence-electron chi connectivity index (χ2n) is 7.19. The second kappa shape index (κ2) is 10.8. The van der Waals surface area contributed by atoms with Crippen LogP contribution in [-0.4, -0.2) is 25.4 Å². The van der Waals surface area contributed by atoms with Crippen molar-refractivity contribution >= 4 is 50.7 Å². The van der Waals surface area contributed by atoms with Gasteiger partial charge >= 0.3 is 0 Å². The summed E-state index contributed by atoms with van der Waals surface area (Å²) in [5.41, 5.74) is 1.64. The number of nitrogens with one attached hydrogen (secondary N) is 2. The number of anilines is 1. The molecule has 0 aliphatic heterocycles. The van der Waals surface area contributed by atoms with Gasteiger partial charge in [-0.05, 0) is 26.8 Å². The van der Waals surface area contributed by atoms with Gasteiger partial charge in [-0.25, -0.2) is 13.1 Å². The van der Waals surface area contributed by atoms with Crippen LogP contribution in [0.5, 0.6) is 0 Å². The van der Waals surface area contributed by atoms with E-state index in [1.807, 2.05) is 18.2 Å². The van der Waals surface area contributed by atoms with Crippen molar-refractivity contribution in [3.63, 3.8) is 0 Å². The summed E-state index contributed by atoms with van der Waals surface area (Å²) in [4.78, 5) is 24.2. The highest BCUT2D eigenvalue weighted by Gasteiger charge is 2.28. The van der Waals surface area contributed by atoms with Crippen molar-refractivity contribution in [2.75, 3.05) is 4.72 Å². The molecule has 2 amide bonds. The van der Waals surface area contributed by atoms with Crippen molar-refractivity contribution in [2.24, 2.45) is 5.92 Å². The van der Waals surface area contributed by atoms with Gasteiger partial charge in [0.2, 0.25) is 5.91 Å². The molecule has 3 aromatic rings. The number of halogens is 1. The van der Waals surface area contributed by atoms with E-state index in [9.17, 15) is 18.0 Å². The molecular formula is C21H24ClN3O5S2. The van der Waals surface area contributed by atoms with Crippen LogP contribution in [0.3, 0.4) is 0 Å². The minimum absolute atomic E-state index is 0.0245. The summed E-state index contributed by atoms with van der Waals surface area (Å²) in [6, 6.07) is 11.6. The van der Waals surface area contributed by atoms with E-state index in [1.54, 1.807) is 27.7 Å². The summed E-state index contributed by atoms with van der Waals surface area (Å²) >= 11 is 6.87. The predicted octanol–water partition coefficient (Wildman–Crippen LogP) is 4.71. The van der Waals surface area contributed by atoms with Crippen molar-refractivity contribution in [3.05, 3.63) is 62.4 Å². The fourth-order valence-corrected chi connectivity index (χ4v) is 4.96. The first-order chi connectivity index (χ1) is 14.9. The number of imide groups is 1. The molecule has 0 atom stereocenters. The number of hydrogen-bond acceptors (Lipinski definition) is 7. The van der Waals surface area contributed by atoms with E-state index in [1.165, 1.54) is 11.6 Å². The Hall–Kier alpha value is -2.69. The third-order valence-electron chi connectivity index (χ3n) is 4.04. The molecule has 2 N–H and O–H groups in total. The quantitative estimate of drug-likeness (QED) is 0.526. The summed E-state index contributed by atoms with van der Waals surface area (Å²) < 4.78 is 32.2. The molecule has 0 radical (unpaired) electrons. The number of thiophene rings is 1. The Balaban J connectivity index is 0.000000439. The molecule has 2 heterocycles. The van der Waals surface area contributed by atoms with Crippen LogP contribution in [0, 0.1) is 26.7 Å². The lowest BCUT2D eigenvalue weighted by molar-refractivity contribution is -0.122. The maximum absolute atomic E-state index is 12.6. The Labute approximate surface area is 196 Å². The van der Waals surface area contributed by atoms with Crippen LogP contribution < -0.4 is 10.0 Å². The number of rotatable bonds is 5. The monoisotopic (exact) mass is 497 g/mol. The molecule has 0 aliphatic carbocycles. The lowest BCUT2D eigenvalue weighted by atomic mass is 10.2. The van der Waals surface area contributed by atoms with E-state index >= 15 is 0 Å². The Morgan fingerprint density at radius 1 is 1.12 bits per heavy atom. The largest absolute Gasteiger partial charge is 0.336 e. The summed E-state index contributed by atoms with van der Waals surface area (Å²) in [5, 5.41) is 5.76. The molecule has 2 aromatic heterocycles. The standard InChI is InChI=1S/C14H16ClN3O5S2.C7H8/c1-6(2)12(19)16-13(20)11-9(5-7(3)24-11)25(21,22)18-14-10(15)8(4)17-23-14;1-7-5-3-2-4-6-7/h5-6,18H,1-4H3,(H,16,19,20);2-6H,1H3. The van der Waals surface area contributed by atoms with Gasteiger partial charge in [-0.2, -0.15) is 0 Å². The number of benzene rings is 1. The van der Waals surface area contributed by atoms with Crippen molar-refractivity contribution in [3.8, 4) is 0 Å². The number of hydrogen-bond donors (Lipinski definition) is 2. The molecule has 0 fully saturated rings. The normalized spacial score (nSPS) is 11.0. The number of sulfonamides is 1. The maximum Gasteiger partial charge on any atom is 0.269 e. The molecule has 11 heteroatoms. The van der Waals surface area contributed by atoms with Crippen LogP contribution in [0.4, 0.5) is 5.88 Å². The van der Waals surface area contributed by atoms with Crippen molar-refractivity contribution in [1.82, 2.24) is 10.5 Å². The number of carbonyl (C=O) groups is 2. The molecule has 0 spiro atoms. The van der Waals surface area contributed by atoms with Crippen LogP contribution >= 0.6 is 22.9 Å². The van der Waals surface area contributed by atoms with Crippen molar-refractivity contribution < 1.29 is 22.5 Å². The Kier molecular flexibility index (Phi) is 8.59. The average molecular weight is 498 g/mol. The van der Waals surface area contributed by atoms with Gasteiger partial charge in [0.1, 0.15) is 20.5 Å². The van der Waals surface area contributed by atoms with Crippen LogP contribution in [0.15, 0.2) is 45.8 Å².